The van der Waals surface area contributed by atoms with Crippen LogP contribution in [0.2, 0.25) is 0 Å². The van der Waals surface area contributed by atoms with Gasteiger partial charge in [-0.3, -0.25) is 0 Å². The summed E-state index contributed by atoms with van der Waals surface area (Å²) in [7, 11) is 1.38. The number of nitrogen functional groups attached to an aromatic ring is 1. The van der Waals surface area contributed by atoms with E-state index in [1.54, 1.807) is 6.07 Å². The number of carbonyl (C=O) groups is 1. The van der Waals surface area contributed by atoms with E-state index in [1.165, 1.54) is 7.11 Å². The summed E-state index contributed by atoms with van der Waals surface area (Å²) in [5.41, 5.74) is 10.0. The molecule has 20 heavy (non-hydrogen) atoms. The summed E-state index contributed by atoms with van der Waals surface area (Å²) < 4.78 is 4.77. The summed E-state index contributed by atoms with van der Waals surface area (Å²) in [5, 5.41) is 3.30. The van der Waals surface area contributed by atoms with E-state index < -0.39 is 0 Å². The first-order chi connectivity index (χ1) is 9.63. The van der Waals surface area contributed by atoms with Gasteiger partial charge in [-0.1, -0.05) is 24.3 Å². The van der Waals surface area contributed by atoms with Crippen LogP contribution in [0.5, 0.6) is 0 Å². The monoisotopic (exact) mass is 270 g/mol. The maximum atomic E-state index is 11.6. The highest BCUT2D eigenvalue weighted by atomic mass is 16.5. The average molecular weight is 270 g/mol. The molecule has 0 aliphatic rings. The number of anilines is 2. The number of para-hydroxylation sites is 1. The van der Waals surface area contributed by atoms with Crippen LogP contribution in [0.3, 0.4) is 0 Å². The number of nitrogens with one attached hydrogen (secondary N) is 1. The molecule has 0 aliphatic carbocycles. The van der Waals surface area contributed by atoms with Crippen molar-refractivity contribution in [3.05, 3.63) is 59.2 Å². The van der Waals surface area contributed by atoms with Gasteiger partial charge in [-0.05, 0) is 36.2 Å². The fourth-order valence-corrected chi connectivity index (χ4v) is 2.04. The second-order valence-corrected chi connectivity index (χ2v) is 4.52. The van der Waals surface area contributed by atoms with E-state index >= 15 is 0 Å². The quantitative estimate of drug-likeness (QED) is 0.662. The molecular weight excluding hydrogens is 252 g/mol. The van der Waals surface area contributed by atoms with Crippen LogP contribution in [0.15, 0.2) is 42.5 Å². The molecule has 0 unspecified atom stereocenters. The Morgan fingerprint density at radius 3 is 2.65 bits per heavy atom. The summed E-state index contributed by atoms with van der Waals surface area (Å²) in [5.74, 6) is -0.328. The van der Waals surface area contributed by atoms with Gasteiger partial charge in [0, 0.05) is 17.9 Å². The number of benzene rings is 2. The average Bonchev–Trinajstić information content (AvgIpc) is 2.47. The number of rotatable bonds is 4. The molecule has 0 radical (unpaired) electrons. The minimum atomic E-state index is -0.328. The first-order valence-corrected chi connectivity index (χ1v) is 6.38. The SMILES string of the molecule is COC(=O)c1cccc(NCc2ccccc2N)c1C. The summed E-state index contributed by atoms with van der Waals surface area (Å²) in [6, 6.07) is 13.2. The number of nitrogens with two attached hydrogens (primary N) is 1. The van der Waals surface area contributed by atoms with Gasteiger partial charge in [0.1, 0.15) is 0 Å². The lowest BCUT2D eigenvalue weighted by Crippen LogP contribution is -2.08. The molecule has 0 aromatic heterocycles. The van der Waals surface area contributed by atoms with Crippen LogP contribution in [0, 0.1) is 6.92 Å². The van der Waals surface area contributed by atoms with Crippen LogP contribution in [-0.4, -0.2) is 13.1 Å². The lowest BCUT2D eigenvalue weighted by molar-refractivity contribution is 0.0600. The van der Waals surface area contributed by atoms with Gasteiger partial charge in [-0.2, -0.15) is 0 Å². The molecule has 0 saturated heterocycles. The Kier molecular flexibility index (Phi) is 4.25. The molecule has 4 nitrogen and oxygen atoms in total. The van der Waals surface area contributed by atoms with Crippen molar-refractivity contribution in [1.82, 2.24) is 0 Å². The van der Waals surface area contributed by atoms with Crippen LogP contribution in [0.1, 0.15) is 21.5 Å². The molecule has 0 fully saturated rings. The molecule has 0 saturated carbocycles. The zero-order valence-electron chi connectivity index (χ0n) is 11.6. The molecule has 2 aromatic rings. The number of methoxy groups -OCH3 is 1. The number of esters is 1. The van der Waals surface area contributed by atoms with Crippen molar-refractivity contribution in [2.24, 2.45) is 0 Å². The molecule has 2 rings (SSSR count). The summed E-state index contributed by atoms with van der Waals surface area (Å²) >= 11 is 0. The summed E-state index contributed by atoms with van der Waals surface area (Å²) in [4.78, 5) is 11.6. The predicted octanol–water partition coefficient (Wildman–Crippen LogP) is 2.98. The second kappa shape index (κ2) is 6.10. The Labute approximate surface area is 118 Å². The topological polar surface area (TPSA) is 64.3 Å². The van der Waals surface area contributed by atoms with E-state index in [1.807, 2.05) is 43.3 Å². The van der Waals surface area contributed by atoms with Gasteiger partial charge in [-0.15, -0.1) is 0 Å². The Morgan fingerprint density at radius 1 is 1.20 bits per heavy atom. The van der Waals surface area contributed by atoms with Crippen LogP contribution < -0.4 is 11.1 Å². The largest absolute Gasteiger partial charge is 0.465 e. The van der Waals surface area contributed by atoms with E-state index in [-0.39, 0.29) is 5.97 Å². The fraction of sp³-hybridized carbons (Fsp3) is 0.188. The number of ether oxygens (including phenoxy) is 1. The summed E-state index contributed by atoms with van der Waals surface area (Å²) in [6.45, 7) is 2.50. The molecule has 2 aromatic carbocycles. The molecule has 104 valence electrons. The zero-order valence-corrected chi connectivity index (χ0v) is 11.6. The van der Waals surface area contributed by atoms with Crippen molar-refractivity contribution in [3.8, 4) is 0 Å². The third-order valence-corrected chi connectivity index (χ3v) is 3.26. The minimum Gasteiger partial charge on any atom is -0.465 e. The molecule has 0 bridgehead atoms. The van der Waals surface area contributed by atoms with E-state index in [4.69, 9.17) is 10.5 Å². The van der Waals surface area contributed by atoms with Crippen molar-refractivity contribution in [3.63, 3.8) is 0 Å². The normalized spacial score (nSPS) is 10.1. The van der Waals surface area contributed by atoms with Gasteiger partial charge in [0.05, 0.1) is 12.7 Å². The molecular formula is C16H18N2O2. The summed E-state index contributed by atoms with van der Waals surface area (Å²) in [6.07, 6.45) is 0. The van der Waals surface area contributed by atoms with Crippen LogP contribution in [0.4, 0.5) is 11.4 Å². The molecule has 0 atom stereocenters. The molecule has 0 aliphatic heterocycles. The standard InChI is InChI=1S/C16H18N2O2/c1-11-13(16(19)20-2)7-5-9-15(11)18-10-12-6-3-4-8-14(12)17/h3-9,18H,10,17H2,1-2H3. The van der Waals surface area contributed by atoms with Crippen LogP contribution >= 0.6 is 0 Å². The maximum Gasteiger partial charge on any atom is 0.338 e. The molecule has 0 heterocycles. The van der Waals surface area contributed by atoms with Crippen LogP contribution in [0.25, 0.3) is 0 Å². The lowest BCUT2D eigenvalue weighted by atomic mass is 10.1. The Hall–Kier alpha value is -2.49. The van der Waals surface area contributed by atoms with Gasteiger partial charge >= 0.3 is 5.97 Å². The van der Waals surface area contributed by atoms with E-state index in [0.717, 1.165) is 22.5 Å². The van der Waals surface area contributed by atoms with Gasteiger partial charge in [0.25, 0.3) is 0 Å². The molecule has 0 spiro atoms. The van der Waals surface area contributed by atoms with Gasteiger partial charge in [0.2, 0.25) is 0 Å². The van der Waals surface area contributed by atoms with Crippen molar-refractivity contribution in [2.45, 2.75) is 13.5 Å². The Bertz CT molecular complexity index is 624. The van der Waals surface area contributed by atoms with Crippen LogP contribution in [-0.2, 0) is 11.3 Å². The van der Waals surface area contributed by atoms with Gasteiger partial charge < -0.3 is 15.8 Å². The maximum absolute atomic E-state index is 11.6. The predicted molar refractivity (Wildman–Crippen MR) is 80.7 cm³/mol. The smallest absolute Gasteiger partial charge is 0.338 e. The van der Waals surface area contributed by atoms with E-state index in [9.17, 15) is 4.79 Å². The second-order valence-electron chi connectivity index (χ2n) is 4.52. The first-order valence-electron chi connectivity index (χ1n) is 6.38. The zero-order chi connectivity index (χ0) is 14.5. The number of hydrogen-bond donors (Lipinski definition) is 2. The van der Waals surface area contributed by atoms with E-state index in [2.05, 4.69) is 5.32 Å². The van der Waals surface area contributed by atoms with Crippen molar-refractivity contribution < 1.29 is 9.53 Å². The Balaban J connectivity index is 2.18. The third-order valence-electron chi connectivity index (χ3n) is 3.26. The number of carbonyl (C=O) groups excluding carboxylic acids is 1. The van der Waals surface area contributed by atoms with E-state index in [0.29, 0.717) is 12.1 Å². The molecule has 4 heteroatoms. The van der Waals surface area contributed by atoms with Crippen molar-refractivity contribution >= 4 is 17.3 Å². The highest BCUT2D eigenvalue weighted by Crippen LogP contribution is 2.21. The Morgan fingerprint density at radius 2 is 1.95 bits per heavy atom. The number of hydrogen-bond acceptors (Lipinski definition) is 4. The first kappa shape index (κ1) is 13.9. The van der Waals surface area contributed by atoms with Crippen molar-refractivity contribution in [1.29, 1.82) is 0 Å². The van der Waals surface area contributed by atoms with Crippen molar-refractivity contribution in [2.75, 3.05) is 18.2 Å². The third kappa shape index (κ3) is 2.91. The van der Waals surface area contributed by atoms with Gasteiger partial charge in [-0.25, -0.2) is 4.79 Å². The fourth-order valence-electron chi connectivity index (χ4n) is 2.04. The highest BCUT2D eigenvalue weighted by Gasteiger charge is 2.11. The molecule has 3 N–H and O–H groups in total. The minimum absolute atomic E-state index is 0.328. The lowest BCUT2D eigenvalue weighted by Gasteiger charge is -2.13. The molecule has 0 amide bonds. The highest BCUT2D eigenvalue weighted by molar-refractivity contribution is 5.92. The van der Waals surface area contributed by atoms with Gasteiger partial charge in [0.15, 0.2) is 0 Å².